The molecule has 0 radical (unpaired) electrons. The number of benzene rings is 1. The van der Waals surface area contributed by atoms with Crippen molar-refractivity contribution < 1.29 is 14.4 Å². The van der Waals surface area contributed by atoms with E-state index in [1.807, 2.05) is 46.8 Å². The van der Waals surface area contributed by atoms with E-state index >= 15 is 0 Å². The van der Waals surface area contributed by atoms with E-state index in [2.05, 4.69) is 10.6 Å². The molecule has 26 heavy (non-hydrogen) atoms. The van der Waals surface area contributed by atoms with Crippen molar-refractivity contribution in [3.05, 3.63) is 28.8 Å². The third kappa shape index (κ3) is 1.83. The molecule has 1 aromatic rings. The van der Waals surface area contributed by atoms with E-state index in [1.165, 1.54) is 4.90 Å². The number of anilines is 1. The van der Waals surface area contributed by atoms with Crippen molar-refractivity contribution in [2.75, 3.05) is 5.32 Å². The minimum Gasteiger partial charge on any atom is -0.324 e. The Bertz CT molecular complexity index is 849. The predicted octanol–water partition coefficient (Wildman–Crippen LogP) is 1.84. The predicted molar refractivity (Wildman–Crippen MR) is 97.4 cm³/mol. The van der Waals surface area contributed by atoms with Gasteiger partial charge in [0.2, 0.25) is 17.7 Å². The normalized spacial score (nSPS) is 33.7. The molecule has 0 aliphatic carbocycles. The van der Waals surface area contributed by atoms with Crippen molar-refractivity contribution in [2.24, 2.45) is 11.8 Å². The lowest BCUT2D eigenvalue weighted by Crippen LogP contribution is -2.53. The van der Waals surface area contributed by atoms with Crippen molar-refractivity contribution >= 4 is 23.4 Å². The lowest BCUT2D eigenvalue weighted by Gasteiger charge is -2.30. The van der Waals surface area contributed by atoms with Crippen LogP contribution in [-0.4, -0.2) is 34.7 Å². The van der Waals surface area contributed by atoms with Crippen LogP contribution in [0.4, 0.5) is 5.69 Å². The van der Waals surface area contributed by atoms with Gasteiger partial charge >= 0.3 is 0 Å². The molecular weight excluding hydrogens is 330 g/mol. The topological polar surface area (TPSA) is 78.5 Å². The summed E-state index contributed by atoms with van der Waals surface area (Å²) in [6.45, 7) is 9.70. The van der Waals surface area contributed by atoms with Gasteiger partial charge in [-0.15, -0.1) is 0 Å². The van der Waals surface area contributed by atoms with E-state index in [-0.39, 0.29) is 29.8 Å². The van der Waals surface area contributed by atoms with Crippen molar-refractivity contribution in [2.45, 2.75) is 58.7 Å². The molecule has 1 spiro atoms. The van der Waals surface area contributed by atoms with Gasteiger partial charge in [-0.25, -0.2) is 0 Å². The zero-order valence-electron chi connectivity index (χ0n) is 15.8. The fraction of sp³-hybridized carbons (Fsp3) is 0.550. The molecule has 0 aromatic heterocycles. The van der Waals surface area contributed by atoms with E-state index in [0.717, 1.165) is 22.4 Å². The van der Waals surface area contributed by atoms with E-state index in [4.69, 9.17) is 0 Å². The molecule has 0 saturated carbocycles. The average molecular weight is 355 g/mol. The molecule has 5 atom stereocenters. The van der Waals surface area contributed by atoms with Crippen LogP contribution in [0.5, 0.6) is 0 Å². The maximum absolute atomic E-state index is 13.3. The molecule has 6 heteroatoms. The van der Waals surface area contributed by atoms with E-state index in [0.29, 0.717) is 6.42 Å². The van der Waals surface area contributed by atoms with Gasteiger partial charge in [0.25, 0.3) is 0 Å². The molecule has 3 aliphatic rings. The Hall–Kier alpha value is -2.21. The Kier molecular flexibility index (Phi) is 3.57. The number of hydrogen-bond donors (Lipinski definition) is 2. The number of fused-ring (bicyclic) bond motifs is 4. The summed E-state index contributed by atoms with van der Waals surface area (Å²) in [4.78, 5) is 40.9. The maximum Gasteiger partial charge on any atom is 0.250 e. The Morgan fingerprint density at radius 2 is 1.88 bits per heavy atom. The highest BCUT2D eigenvalue weighted by atomic mass is 16.2. The maximum atomic E-state index is 13.3. The highest BCUT2D eigenvalue weighted by molar-refractivity contribution is 6.15. The number of carbonyl (C=O) groups is 3. The van der Waals surface area contributed by atoms with Crippen molar-refractivity contribution in [3.8, 4) is 0 Å². The Labute approximate surface area is 153 Å². The second-order valence-electron chi connectivity index (χ2n) is 7.93. The van der Waals surface area contributed by atoms with Crippen molar-refractivity contribution in [1.29, 1.82) is 0 Å². The van der Waals surface area contributed by atoms with Gasteiger partial charge in [0.1, 0.15) is 5.54 Å². The van der Waals surface area contributed by atoms with Crippen LogP contribution in [0.1, 0.15) is 43.9 Å². The number of imide groups is 1. The molecule has 138 valence electrons. The summed E-state index contributed by atoms with van der Waals surface area (Å²) in [6, 6.07) is 3.49. The van der Waals surface area contributed by atoms with Gasteiger partial charge in [0.05, 0.1) is 11.8 Å². The van der Waals surface area contributed by atoms with Gasteiger partial charge < -0.3 is 5.32 Å². The molecule has 2 saturated heterocycles. The first-order valence-electron chi connectivity index (χ1n) is 9.32. The van der Waals surface area contributed by atoms with Gasteiger partial charge in [-0.05, 0) is 45.2 Å². The first-order chi connectivity index (χ1) is 12.3. The van der Waals surface area contributed by atoms with E-state index in [9.17, 15) is 14.4 Å². The van der Waals surface area contributed by atoms with Crippen molar-refractivity contribution in [3.63, 3.8) is 0 Å². The van der Waals surface area contributed by atoms with Gasteiger partial charge in [-0.2, -0.15) is 0 Å². The molecule has 1 aromatic carbocycles. The first kappa shape index (κ1) is 17.2. The Morgan fingerprint density at radius 1 is 1.19 bits per heavy atom. The molecule has 0 unspecified atom stereocenters. The number of nitrogens with zero attached hydrogens (tertiary/aromatic N) is 1. The average Bonchev–Trinajstić information content (AvgIpc) is 3.16. The summed E-state index contributed by atoms with van der Waals surface area (Å²) >= 11 is 0. The number of hydrogen-bond acceptors (Lipinski definition) is 4. The second kappa shape index (κ2) is 5.39. The van der Waals surface area contributed by atoms with Crippen LogP contribution < -0.4 is 10.6 Å². The minimum absolute atomic E-state index is 0.156. The molecule has 4 rings (SSSR count). The molecule has 3 heterocycles. The monoisotopic (exact) mass is 355 g/mol. The SMILES string of the molecule is CC[C@H](C)N1C(=O)[C@H]2[C@H](C)N[C@@]3(C(=O)Nc4c3ccc(C)c4C)[C@@H]2C1=O. The van der Waals surface area contributed by atoms with Gasteiger partial charge in [0, 0.05) is 23.3 Å². The molecule has 3 amide bonds. The third-order valence-electron chi connectivity index (χ3n) is 6.63. The summed E-state index contributed by atoms with van der Waals surface area (Å²) in [5.74, 6) is -1.81. The van der Waals surface area contributed by atoms with Crippen LogP contribution in [0.25, 0.3) is 0 Å². The number of likely N-dealkylation sites (tertiary alicyclic amines) is 1. The zero-order valence-corrected chi connectivity index (χ0v) is 15.8. The van der Waals surface area contributed by atoms with Crippen LogP contribution in [0.3, 0.4) is 0 Å². The number of rotatable bonds is 2. The lowest BCUT2D eigenvalue weighted by molar-refractivity contribution is -0.145. The van der Waals surface area contributed by atoms with E-state index in [1.54, 1.807) is 0 Å². The van der Waals surface area contributed by atoms with Crippen molar-refractivity contribution in [1.82, 2.24) is 10.2 Å². The van der Waals surface area contributed by atoms with E-state index < -0.39 is 17.4 Å². The number of aryl methyl sites for hydroxylation is 1. The fourth-order valence-electron chi connectivity index (χ4n) is 4.92. The molecule has 3 aliphatic heterocycles. The summed E-state index contributed by atoms with van der Waals surface area (Å²) in [5, 5.41) is 6.32. The smallest absolute Gasteiger partial charge is 0.250 e. The van der Waals surface area contributed by atoms with Crippen LogP contribution >= 0.6 is 0 Å². The van der Waals surface area contributed by atoms with Crippen LogP contribution in [0.15, 0.2) is 12.1 Å². The number of nitrogens with one attached hydrogen (secondary N) is 2. The standard InChI is InChI=1S/C20H25N3O3/c1-6-10(3)23-17(24)14-12(5)22-20(15(14)18(23)25)13-8-7-9(2)11(4)16(13)21-19(20)26/h7-8,10,12,14-15,22H,6H2,1-5H3,(H,21,26)/t10-,12-,14-,15-,20+/m0/s1. The Morgan fingerprint density at radius 3 is 2.54 bits per heavy atom. The summed E-state index contributed by atoms with van der Waals surface area (Å²) in [6.07, 6.45) is 0.701. The quantitative estimate of drug-likeness (QED) is 0.794. The fourth-order valence-corrected chi connectivity index (χ4v) is 4.92. The highest BCUT2D eigenvalue weighted by Gasteiger charge is 2.70. The molecule has 2 N–H and O–H groups in total. The highest BCUT2D eigenvalue weighted by Crippen LogP contribution is 2.53. The molecular formula is C20H25N3O3. The zero-order chi connectivity index (χ0) is 19.0. The lowest BCUT2D eigenvalue weighted by atomic mass is 9.76. The minimum atomic E-state index is -1.16. The van der Waals surface area contributed by atoms with Gasteiger partial charge in [-0.3, -0.25) is 24.6 Å². The largest absolute Gasteiger partial charge is 0.324 e. The van der Waals surface area contributed by atoms with Gasteiger partial charge in [0.15, 0.2) is 0 Å². The summed E-state index contributed by atoms with van der Waals surface area (Å²) < 4.78 is 0. The molecule has 0 bridgehead atoms. The van der Waals surface area contributed by atoms with Crippen LogP contribution in [-0.2, 0) is 19.9 Å². The molecule has 2 fully saturated rings. The van der Waals surface area contributed by atoms with Gasteiger partial charge in [-0.1, -0.05) is 19.1 Å². The third-order valence-corrected chi connectivity index (χ3v) is 6.63. The molecule has 6 nitrogen and oxygen atoms in total. The van der Waals surface area contributed by atoms with Crippen LogP contribution in [0, 0.1) is 25.7 Å². The Balaban J connectivity index is 1.90. The first-order valence-corrected chi connectivity index (χ1v) is 9.32. The second-order valence-corrected chi connectivity index (χ2v) is 7.93. The van der Waals surface area contributed by atoms with Crippen LogP contribution in [0.2, 0.25) is 0 Å². The number of amides is 3. The summed E-state index contributed by atoms with van der Waals surface area (Å²) in [7, 11) is 0. The summed E-state index contributed by atoms with van der Waals surface area (Å²) in [5.41, 5.74) is 2.49. The number of carbonyl (C=O) groups excluding carboxylic acids is 3.